The predicted octanol–water partition coefficient (Wildman–Crippen LogP) is 5.37. The molecular weight excluding hydrogens is 412 g/mol. The van der Waals surface area contributed by atoms with Crippen molar-refractivity contribution in [3.63, 3.8) is 0 Å². The van der Waals surface area contributed by atoms with Crippen LogP contribution in [-0.2, 0) is 6.73 Å². The number of aromatic nitrogens is 2. The zero-order valence-electron chi connectivity index (χ0n) is 19.1. The van der Waals surface area contributed by atoms with Crippen molar-refractivity contribution in [2.75, 3.05) is 19.6 Å². The lowest BCUT2D eigenvalue weighted by Crippen LogP contribution is -2.43. The molecule has 1 aromatic heterocycles. The molecule has 0 radical (unpaired) electrons. The number of benzene rings is 1. The summed E-state index contributed by atoms with van der Waals surface area (Å²) >= 11 is 6.14. The molecule has 0 aliphatic carbocycles. The molecule has 2 rings (SSSR count). The Morgan fingerprint density at radius 3 is 2.45 bits per heavy atom. The summed E-state index contributed by atoms with van der Waals surface area (Å²) in [6.07, 6.45) is 8.94. The Morgan fingerprint density at radius 2 is 1.81 bits per heavy atom. The minimum absolute atomic E-state index is 0.0450. The van der Waals surface area contributed by atoms with Crippen LogP contribution in [-0.4, -0.2) is 46.3 Å². The molecule has 6 nitrogen and oxygen atoms in total. The van der Waals surface area contributed by atoms with Crippen LogP contribution in [0.3, 0.4) is 0 Å². The summed E-state index contributed by atoms with van der Waals surface area (Å²) in [6.45, 7) is 9.65. The van der Waals surface area contributed by atoms with Gasteiger partial charge in [-0.1, -0.05) is 63.3 Å². The Bertz CT molecular complexity index is 770. The highest BCUT2D eigenvalue weighted by Crippen LogP contribution is 2.23. The Balaban J connectivity index is 1.89. The number of hydrogen-bond acceptors (Lipinski definition) is 4. The van der Waals surface area contributed by atoms with Gasteiger partial charge in [0.15, 0.2) is 6.73 Å². The van der Waals surface area contributed by atoms with E-state index in [9.17, 15) is 4.79 Å². The van der Waals surface area contributed by atoms with Crippen molar-refractivity contribution < 1.29 is 9.53 Å². The first-order valence-corrected chi connectivity index (χ1v) is 11.8. The molecule has 0 spiro atoms. The van der Waals surface area contributed by atoms with Crippen molar-refractivity contribution in [3.8, 4) is 5.75 Å². The monoisotopic (exact) mass is 448 g/mol. The van der Waals surface area contributed by atoms with Gasteiger partial charge in [0.2, 0.25) is 0 Å². The molecule has 0 aliphatic heterocycles. The van der Waals surface area contributed by atoms with Crippen LogP contribution in [0, 0.1) is 0 Å². The Morgan fingerprint density at radius 1 is 1.13 bits per heavy atom. The second-order valence-corrected chi connectivity index (χ2v) is 8.42. The molecule has 1 aromatic carbocycles. The van der Waals surface area contributed by atoms with Gasteiger partial charge in [-0.3, -0.25) is 4.79 Å². The molecule has 7 heteroatoms. The smallest absolute Gasteiger partial charge is 0.269 e. The van der Waals surface area contributed by atoms with E-state index in [1.54, 1.807) is 29.1 Å². The Hall–Kier alpha value is -2.05. The molecule has 0 saturated heterocycles. The molecule has 1 heterocycles. The summed E-state index contributed by atoms with van der Waals surface area (Å²) in [4.78, 5) is 15.3. The average molecular weight is 449 g/mol. The SMILES string of the molecule is CCCCCN(CCCCC)CC(C)NC(=O)c1ccnn1COc1ccccc1Cl. The Kier molecular flexibility index (Phi) is 11.5. The number of amides is 1. The Labute approximate surface area is 191 Å². The highest BCUT2D eigenvalue weighted by molar-refractivity contribution is 6.32. The standard InChI is InChI=1S/C24H37ClN4O2/c1-4-6-10-16-28(17-11-7-5-2)18-20(3)27-24(30)22-14-15-26-29(22)19-31-23-13-9-8-12-21(23)25/h8-9,12-15,20H,4-7,10-11,16-19H2,1-3H3,(H,27,30). The van der Waals surface area contributed by atoms with Gasteiger partial charge in [0.1, 0.15) is 11.4 Å². The highest BCUT2D eigenvalue weighted by Gasteiger charge is 2.17. The largest absolute Gasteiger partial charge is 0.470 e. The van der Waals surface area contributed by atoms with E-state index in [4.69, 9.17) is 16.3 Å². The van der Waals surface area contributed by atoms with Crippen LogP contribution in [0.15, 0.2) is 36.5 Å². The van der Waals surface area contributed by atoms with Crippen LogP contribution in [0.1, 0.15) is 69.8 Å². The van der Waals surface area contributed by atoms with E-state index in [1.807, 2.05) is 12.1 Å². The molecule has 1 N–H and O–H groups in total. The number of hydrogen-bond donors (Lipinski definition) is 1. The molecule has 1 atom stereocenters. The van der Waals surface area contributed by atoms with Gasteiger partial charge in [0.05, 0.1) is 5.02 Å². The maximum Gasteiger partial charge on any atom is 0.269 e. The summed E-state index contributed by atoms with van der Waals surface area (Å²) < 4.78 is 7.28. The lowest BCUT2D eigenvalue weighted by Gasteiger charge is -2.26. The number of para-hydroxylation sites is 1. The van der Waals surface area contributed by atoms with Gasteiger partial charge in [-0.15, -0.1) is 0 Å². The number of ether oxygens (including phenoxy) is 1. The van der Waals surface area contributed by atoms with Gasteiger partial charge in [0, 0.05) is 18.8 Å². The van der Waals surface area contributed by atoms with Crippen LogP contribution in [0.25, 0.3) is 0 Å². The van der Waals surface area contributed by atoms with Gasteiger partial charge in [-0.2, -0.15) is 5.10 Å². The minimum Gasteiger partial charge on any atom is -0.470 e. The van der Waals surface area contributed by atoms with Gasteiger partial charge in [-0.25, -0.2) is 4.68 Å². The van der Waals surface area contributed by atoms with Crippen LogP contribution in [0.2, 0.25) is 5.02 Å². The van der Waals surface area contributed by atoms with E-state index < -0.39 is 0 Å². The molecular formula is C24H37ClN4O2. The van der Waals surface area contributed by atoms with E-state index in [-0.39, 0.29) is 18.7 Å². The summed E-state index contributed by atoms with van der Waals surface area (Å²) in [5, 5.41) is 7.88. The fraction of sp³-hybridized carbons (Fsp3) is 0.583. The number of carbonyl (C=O) groups is 1. The van der Waals surface area contributed by atoms with E-state index >= 15 is 0 Å². The van der Waals surface area contributed by atoms with Crippen LogP contribution >= 0.6 is 11.6 Å². The summed E-state index contributed by atoms with van der Waals surface area (Å²) in [7, 11) is 0. The molecule has 0 fully saturated rings. The summed E-state index contributed by atoms with van der Waals surface area (Å²) in [5.41, 5.74) is 0.474. The third kappa shape index (κ3) is 8.91. The number of rotatable bonds is 15. The van der Waals surface area contributed by atoms with E-state index in [1.165, 1.54) is 38.5 Å². The molecule has 172 valence electrons. The van der Waals surface area contributed by atoms with Gasteiger partial charge < -0.3 is 15.0 Å². The van der Waals surface area contributed by atoms with Crippen molar-refractivity contribution in [2.45, 2.75) is 72.1 Å². The zero-order valence-corrected chi connectivity index (χ0v) is 19.9. The first-order chi connectivity index (χ1) is 15.0. The average Bonchev–Trinajstić information content (AvgIpc) is 3.22. The second kappa shape index (κ2) is 14.1. The van der Waals surface area contributed by atoms with Crippen LogP contribution in [0.5, 0.6) is 5.75 Å². The van der Waals surface area contributed by atoms with Crippen molar-refractivity contribution in [3.05, 3.63) is 47.2 Å². The predicted molar refractivity (Wildman–Crippen MR) is 127 cm³/mol. The van der Waals surface area contributed by atoms with Gasteiger partial charge in [-0.05, 0) is 51.1 Å². The lowest BCUT2D eigenvalue weighted by molar-refractivity contribution is 0.0907. The molecule has 1 unspecified atom stereocenters. The molecule has 1 amide bonds. The van der Waals surface area contributed by atoms with Crippen molar-refractivity contribution in [2.24, 2.45) is 0 Å². The lowest BCUT2D eigenvalue weighted by atomic mass is 10.2. The third-order valence-electron chi connectivity index (χ3n) is 5.19. The number of nitrogens with one attached hydrogen (secondary N) is 1. The summed E-state index contributed by atoms with van der Waals surface area (Å²) in [5.74, 6) is 0.420. The first-order valence-electron chi connectivity index (χ1n) is 11.5. The van der Waals surface area contributed by atoms with Gasteiger partial charge in [0.25, 0.3) is 5.91 Å². The van der Waals surface area contributed by atoms with E-state index in [0.29, 0.717) is 16.5 Å². The maximum absolute atomic E-state index is 12.8. The second-order valence-electron chi connectivity index (χ2n) is 8.01. The molecule has 2 aromatic rings. The third-order valence-corrected chi connectivity index (χ3v) is 5.51. The minimum atomic E-state index is -0.144. The number of unbranched alkanes of at least 4 members (excludes halogenated alkanes) is 4. The van der Waals surface area contributed by atoms with E-state index in [0.717, 1.165) is 19.6 Å². The summed E-state index contributed by atoms with van der Waals surface area (Å²) in [6, 6.07) is 9.01. The molecule has 31 heavy (non-hydrogen) atoms. The first kappa shape index (κ1) is 25.2. The number of halogens is 1. The fourth-order valence-electron chi connectivity index (χ4n) is 3.52. The van der Waals surface area contributed by atoms with Gasteiger partial charge >= 0.3 is 0 Å². The number of carbonyl (C=O) groups excluding carboxylic acids is 1. The molecule has 0 saturated carbocycles. The number of nitrogens with zero attached hydrogens (tertiary/aromatic N) is 3. The molecule has 0 aliphatic rings. The highest BCUT2D eigenvalue weighted by atomic mass is 35.5. The fourth-order valence-corrected chi connectivity index (χ4v) is 3.71. The molecule has 0 bridgehead atoms. The van der Waals surface area contributed by atoms with Crippen molar-refractivity contribution in [1.82, 2.24) is 20.0 Å². The van der Waals surface area contributed by atoms with Crippen molar-refractivity contribution in [1.29, 1.82) is 0 Å². The van der Waals surface area contributed by atoms with Crippen LogP contribution < -0.4 is 10.1 Å². The van der Waals surface area contributed by atoms with E-state index in [2.05, 4.69) is 36.1 Å². The quantitative estimate of drug-likeness (QED) is 0.372. The van der Waals surface area contributed by atoms with Crippen molar-refractivity contribution >= 4 is 17.5 Å². The zero-order chi connectivity index (χ0) is 22.5. The van der Waals surface area contributed by atoms with Crippen LogP contribution in [0.4, 0.5) is 0 Å². The normalized spacial score (nSPS) is 12.2. The topological polar surface area (TPSA) is 59.4 Å². The maximum atomic E-state index is 12.8.